The zero-order valence-corrected chi connectivity index (χ0v) is 16.0. The standard InChI is InChI=1S/C20H21ClN2O4/c1-26-16-7-8-17(18(10-16)27-2)23-12-14(9-19(23)24)20(25)22-11-13-3-5-15(21)6-4-13/h3-8,10,14H,9,11-12H2,1-2H3,(H,22,25)/t14-/m0/s1. The van der Waals surface area contributed by atoms with Gasteiger partial charge in [-0.1, -0.05) is 23.7 Å². The lowest BCUT2D eigenvalue weighted by molar-refractivity contribution is -0.126. The minimum absolute atomic E-state index is 0.106. The van der Waals surface area contributed by atoms with Crippen molar-refractivity contribution in [1.29, 1.82) is 0 Å². The summed E-state index contributed by atoms with van der Waals surface area (Å²) in [6.45, 7) is 0.709. The fourth-order valence-electron chi connectivity index (χ4n) is 3.06. The molecular formula is C20H21ClN2O4. The summed E-state index contributed by atoms with van der Waals surface area (Å²) < 4.78 is 10.6. The van der Waals surface area contributed by atoms with Crippen LogP contribution in [-0.4, -0.2) is 32.6 Å². The number of ether oxygens (including phenoxy) is 2. The molecule has 0 saturated carbocycles. The number of benzene rings is 2. The van der Waals surface area contributed by atoms with Crippen LogP contribution in [0.5, 0.6) is 11.5 Å². The SMILES string of the molecule is COc1ccc(N2C[C@@H](C(=O)NCc3ccc(Cl)cc3)CC2=O)c(OC)c1. The van der Waals surface area contributed by atoms with Crippen molar-refractivity contribution in [1.82, 2.24) is 5.32 Å². The van der Waals surface area contributed by atoms with Crippen LogP contribution in [0, 0.1) is 5.92 Å². The molecule has 0 bridgehead atoms. The Labute approximate surface area is 163 Å². The Morgan fingerprint density at radius 3 is 2.59 bits per heavy atom. The van der Waals surface area contributed by atoms with Gasteiger partial charge in [-0.3, -0.25) is 9.59 Å². The third-order valence-electron chi connectivity index (χ3n) is 4.55. The van der Waals surface area contributed by atoms with Crippen molar-refractivity contribution in [2.45, 2.75) is 13.0 Å². The number of carbonyl (C=O) groups is 2. The van der Waals surface area contributed by atoms with Gasteiger partial charge >= 0.3 is 0 Å². The first kappa shape index (κ1) is 19.0. The largest absolute Gasteiger partial charge is 0.497 e. The Morgan fingerprint density at radius 2 is 1.93 bits per heavy atom. The number of carbonyl (C=O) groups excluding carboxylic acids is 2. The lowest BCUT2D eigenvalue weighted by atomic mass is 10.1. The van der Waals surface area contributed by atoms with E-state index in [0.717, 1.165) is 5.56 Å². The monoisotopic (exact) mass is 388 g/mol. The van der Waals surface area contributed by atoms with Gasteiger partial charge in [0.05, 0.1) is 25.8 Å². The van der Waals surface area contributed by atoms with Gasteiger partial charge in [0, 0.05) is 30.6 Å². The molecule has 142 valence electrons. The summed E-state index contributed by atoms with van der Waals surface area (Å²) in [6.07, 6.45) is 0.168. The average molecular weight is 389 g/mol. The van der Waals surface area contributed by atoms with Gasteiger partial charge in [-0.05, 0) is 29.8 Å². The molecule has 2 amide bonds. The molecule has 1 fully saturated rings. The number of anilines is 1. The molecule has 2 aromatic carbocycles. The van der Waals surface area contributed by atoms with E-state index in [2.05, 4.69) is 5.32 Å². The number of amides is 2. The van der Waals surface area contributed by atoms with E-state index in [1.54, 1.807) is 42.3 Å². The van der Waals surface area contributed by atoms with Crippen LogP contribution in [0.2, 0.25) is 5.02 Å². The summed E-state index contributed by atoms with van der Waals surface area (Å²) in [4.78, 5) is 26.6. The van der Waals surface area contributed by atoms with Crippen LogP contribution in [0.25, 0.3) is 0 Å². The summed E-state index contributed by atoms with van der Waals surface area (Å²) in [7, 11) is 3.10. The first-order valence-corrected chi connectivity index (χ1v) is 8.94. The number of hydrogen-bond acceptors (Lipinski definition) is 4. The molecule has 1 N–H and O–H groups in total. The highest BCUT2D eigenvalue weighted by molar-refractivity contribution is 6.30. The number of methoxy groups -OCH3 is 2. The Kier molecular flexibility index (Phi) is 5.86. The van der Waals surface area contributed by atoms with Gasteiger partial charge in [-0.2, -0.15) is 0 Å². The highest BCUT2D eigenvalue weighted by atomic mass is 35.5. The molecule has 6 nitrogen and oxygen atoms in total. The van der Waals surface area contributed by atoms with E-state index in [-0.39, 0.29) is 18.2 Å². The van der Waals surface area contributed by atoms with Crippen molar-refractivity contribution in [3.8, 4) is 11.5 Å². The minimum Gasteiger partial charge on any atom is -0.497 e. The van der Waals surface area contributed by atoms with Crippen LogP contribution in [0.4, 0.5) is 5.69 Å². The Morgan fingerprint density at radius 1 is 1.19 bits per heavy atom. The lowest BCUT2D eigenvalue weighted by Gasteiger charge is -2.20. The molecule has 1 saturated heterocycles. The maximum atomic E-state index is 12.5. The highest BCUT2D eigenvalue weighted by Crippen LogP contribution is 2.35. The van der Waals surface area contributed by atoms with E-state index in [9.17, 15) is 9.59 Å². The van der Waals surface area contributed by atoms with Crippen molar-refractivity contribution in [3.05, 3.63) is 53.1 Å². The molecule has 1 heterocycles. The summed E-state index contributed by atoms with van der Waals surface area (Å²) in [5.74, 6) is 0.513. The van der Waals surface area contributed by atoms with Gasteiger partial charge in [0.15, 0.2) is 0 Å². The van der Waals surface area contributed by atoms with Gasteiger partial charge in [0.2, 0.25) is 11.8 Å². The van der Waals surface area contributed by atoms with Crippen molar-refractivity contribution >= 4 is 29.1 Å². The average Bonchev–Trinajstić information content (AvgIpc) is 3.08. The van der Waals surface area contributed by atoms with Crippen molar-refractivity contribution in [2.75, 3.05) is 25.7 Å². The molecule has 0 radical (unpaired) electrons. The van der Waals surface area contributed by atoms with E-state index in [0.29, 0.717) is 35.3 Å². The molecule has 1 aliphatic heterocycles. The maximum absolute atomic E-state index is 12.5. The van der Waals surface area contributed by atoms with Crippen LogP contribution >= 0.6 is 11.6 Å². The van der Waals surface area contributed by atoms with E-state index in [1.807, 2.05) is 12.1 Å². The van der Waals surface area contributed by atoms with Crippen LogP contribution in [0.15, 0.2) is 42.5 Å². The van der Waals surface area contributed by atoms with E-state index >= 15 is 0 Å². The maximum Gasteiger partial charge on any atom is 0.227 e. The molecule has 27 heavy (non-hydrogen) atoms. The zero-order chi connectivity index (χ0) is 19.4. The second kappa shape index (κ2) is 8.31. The van der Waals surface area contributed by atoms with Gasteiger partial charge in [0.1, 0.15) is 11.5 Å². The smallest absolute Gasteiger partial charge is 0.227 e. The van der Waals surface area contributed by atoms with Crippen molar-refractivity contribution < 1.29 is 19.1 Å². The summed E-state index contributed by atoms with van der Waals surface area (Å²) in [6, 6.07) is 12.5. The molecule has 1 atom stereocenters. The van der Waals surface area contributed by atoms with Gasteiger partial charge in [-0.15, -0.1) is 0 Å². The second-order valence-corrected chi connectivity index (χ2v) is 6.72. The normalized spacial score (nSPS) is 16.3. The Hall–Kier alpha value is -2.73. The summed E-state index contributed by atoms with van der Waals surface area (Å²) in [5.41, 5.74) is 1.59. The first-order chi connectivity index (χ1) is 13.0. The molecule has 0 aliphatic carbocycles. The van der Waals surface area contributed by atoms with Crippen LogP contribution in [-0.2, 0) is 16.1 Å². The molecule has 7 heteroatoms. The van der Waals surface area contributed by atoms with Gasteiger partial charge < -0.3 is 19.7 Å². The second-order valence-electron chi connectivity index (χ2n) is 6.29. The number of nitrogens with one attached hydrogen (secondary N) is 1. The van der Waals surface area contributed by atoms with Crippen LogP contribution < -0.4 is 19.7 Å². The van der Waals surface area contributed by atoms with Crippen LogP contribution in [0.1, 0.15) is 12.0 Å². The topological polar surface area (TPSA) is 67.9 Å². The molecule has 2 aromatic rings. The number of halogens is 1. The summed E-state index contributed by atoms with van der Waals surface area (Å²) >= 11 is 5.86. The molecule has 0 unspecified atom stereocenters. The fourth-order valence-corrected chi connectivity index (χ4v) is 3.19. The van der Waals surface area contributed by atoms with E-state index in [1.165, 1.54) is 7.11 Å². The first-order valence-electron chi connectivity index (χ1n) is 8.56. The molecule has 0 spiro atoms. The highest BCUT2D eigenvalue weighted by Gasteiger charge is 2.36. The minimum atomic E-state index is -0.406. The molecule has 3 rings (SSSR count). The van der Waals surface area contributed by atoms with Crippen LogP contribution in [0.3, 0.4) is 0 Å². The third-order valence-corrected chi connectivity index (χ3v) is 4.81. The van der Waals surface area contributed by atoms with Gasteiger partial charge in [0.25, 0.3) is 0 Å². The third kappa shape index (κ3) is 4.34. The number of rotatable bonds is 6. The molecule has 0 aromatic heterocycles. The molecule has 1 aliphatic rings. The summed E-state index contributed by atoms with van der Waals surface area (Å²) in [5, 5.41) is 3.54. The Bertz CT molecular complexity index is 838. The molecular weight excluding hydrogens is 368 g/mol. The number of nitrogens with zero attached hydrogens (tertiary/aromatic N) is 1. The van der Waals surface area contributed by atoms with Crippen molar-refractivity contribution in [2.24, 2.45) is 5.92 Å². The van der Waals surface area contributed by atoms with E-state index in [4.69, 9.17) is 21.1 Å². The quantitative estimate of drug-likeness (QED) is 0.826. The number of hydrogen-bond donors (Lipinski definition) is 1. The predicted molar refractivity (Wildman–Crippen MR) is 103 cm³/mol. The fraction of sp³-hybridized carbons (Fsp3) is 0.300. The van der Waals surface area contributed by atoms with Crippen molar-refractivity contribution in [3.63, 3.8) is 0 Å². The predicted octanol–water partition coefficient (Wildman–Crippen LogP) is 3.03. The zero-order valence-electron chi connectivity index (χ0n) is 15.2. The van der Waals surface area contributed by atoms with Gasteiger partial charge in [-0.25, -0.2) is 0 Å². The van der Waals surface area contributed by atoms with E-state index < -0.39 is 5.92 Å². The Balaban J connectivity index is 1.66. The lowest BCUT2D eigenvalue weighted by Crippen LogP contribution is -2.32.